The summed E-state index contributed by atoms with van der Waals surface area (Å²) in [6.45, 7) is 1.93. The summed E-state index contributed by atoms with van der Waals surface area (Å²) in [4.78, 5) is 38.0. The summed E-state index contributed by atoms with van der Waals surface area (Å²) in [7, 11) is 0. The zero-order valence-electron chi connectivity index (χ0n) is 12.5. The van der Waals surface area contributed by atoms with Gasteiger partial charge in [-0.2, -0.15) is 0 Å². The van der Waals surface area contributed by atoms with E-state index in [0.717, 1.165) is 19.5 Å². The van der Waals surface area contributed by atoms with Gasteiger partial charge in [0.25, 0.3) is 5.56 Å². The molecule has 1 aliphatic rings. The van der Waals surface area contributed by atoms with Gasteiger partial charge in [0.2, 0.25) is 5.91 Å². The second-order valence-corrected chi connectivity index (χ2v) is 5.44. The number of hydrogen-bond donors (Lipinski definition) is 3. The number of fused-ring (bicyclic) bond motifs is 1. The molecule has 3 rings (SSSR count). The van der Waals surface area contributed by atoms with Gasteiger partial charge in [0.05, 0.1) is 10.9 Å². The Morgan fingerprint density at radius 1 is 1.30 bits per heavy atom. The number of aryl methyl sites for hydroxylation is 1. The molecular weight excluding hydrogens is 320 g/mol. The highest BCUT2D eigenvalue weighted by molar-refractivity contribution is 5.85. The topological polar surface area (TPSA) is 96.0 Å². The molecule has 1 fully saturated rings. The lowest BCUT2D eigenvalue weighted by Gasteiger charge is -2.12. The quantitative estimate of drug-likeness (QED) is 0.730. The van der Waals surface area contributed by atoms with Crippen molar-refractivity contribution in [1.29, 1.82) is 0 Å². The number of aromatic amines is 1. The van der Waals surface area contributed by atoms with Crippen molar-refractivity contribution in [3.05, 3.63) is 45.1 Å². The van der Waals surface area contributed by atoms with Gasteiger partial charge in [-0.05, 0) is 25.1 Å². The van der Waals surface area contributed by atoms with Crippen molar-refractivity contribution in [2.45, 2.75) is 25.4 Å². The highest BCUT2D eigenvalue weighted by Crippen LogP contribution is 2.07. The van der Waals surface area contributed by atoms with Crippen LogP contribution in [0, 0.1) is 0 Å². The molecule has 23 heavy (non-hydrogen) atoms. The van der Waals surface area contributed by atoms with Crippen LogP contribution in [0.4, 0.5) is 0 Å². The molecule has 0 saturated carbocycles. The lowest BCUT2D eigenvalue weighted by atomic mass is 10.2. The largest absolute Gasteiger partial charge is 0.352 e. The molecule has 0 aliphatic carbocycles. The average Bonchev–Trinajstić information content (AvgIpc) is 3.00. The summed E-state index contributed by atoms with van der Waals surface area (Å²) in [5, 5.41) is 6.57. The van der Waals surface area contributed by atoms with Crippen LogP contribution in [0.15, 0.2) is 33.9 Å². The van der Waals surface area contributed by atoms with Crippen molar-refractivity contribution in [2.75, 3.05) is 13.1 Å². The normalized spacial score (nSPS) is 17.0. The first-order valence-corrected chi connectivity index (χ1v) is 7.37. The Morgan fingerprint density at radius 2 is 2.09 bits per heavy atom. The lowest BCUT2D eigenvalue weighted by Crippen LogP contribution is -2.37. The fraction of sp³-hybridized carbons (Fsp3) is 0.400. The van der Waals surface area contributed by atoms with Gasteiger partial charge in [-0.25, -0.2) is 4.79 Å². The first-order chi connectivity index (χ1) is 10.6. The fourth-order valence-corrected chi connectivity index (χ4v) is 2.76. The van der Waals surface area contributed by atoms with Crippen LogP contribution in [0.1, 0.15) is 12.8 Å². The third-order valence-electron chi connectivity index (χ3n) is 3.89. The van der Waals surface area contributed by atoms with E-state index in [9.17, 15) is 14.4 Å². The van der Waals surface area contributed by atoms with Crippen LogP contribution in [-0.2, 0) is 11.3 Å². The van der Waals surface area contributed by atoms with E-state index in [1.54, 1.807) is 24.3 Å². The number of nitrogens with one attached hydrogen (secondary N) is 3. The number of benzene rings is 1. The van der Waals surface area contributed by atoms with Gasteiger partial charge in [0.1, 0.15) is 0 Å². The van der Waals surface area contributed by atoms with E-state index in [-0.39, 0.29) is 37.3 Å². The number of halogens is 1. The Morgan fingerprint density at radius 3 is 2.83 bits per heavy atom. The van der Waals surface area contributed by atoms with Crippen molar-refractivity contribution < 1.29 is 4.79 Å². The smallest absolute Gasteiger partial charge is 0.328 e. The van der Waals surface area contributed by atoms with Crippen LogP contribution in [0.5, 0.6) is 0 Å². The molecule has 2 aromatic rings. The van der Waals surface area contributed by atoms with Crippen molar-refractivity contribution in [3.8, 4) is 0 Å². The predicted octanol–water partition coefficient (Wildman–Crippen LogP) is -0.0202. The van der Waals surface area contributed by atoms with Crippen molar-refractivity contribution in [2.24, 2.45) is 0 Å². The minimum absolute atomic E-state index is 0. The summed E-state index contributed by atoms with van der Waals surface area (Å²) in [5.41, 5.74) is -0.344. The third-order valence-corrected chi connectivity index (χ3v) is 3.89. The Labute approximate surface area is 138 Å². The van der Waals surface area contributed by atoms with Gasteiger partial charge in [-0.15, -0.1) is 12.4 Å². The summed E-state index contributed by atoms with van der Waals surface area (Å²) >= 11 is 0. The molecule has 8 heteroatoms. The van der Waals surface area contributed by atoms with E-state index in [4.69, 9.17) is 0 Å². The van der Waals surface area contributed by atoms with Gasteiger partial charge < -0.3 is 10.6 Å². The second-order valence-electron chi connectivity index (χ2n) is 5.44. The zero-order valence-corrected chi connectivity index (χ0v) is 13.3. The Kier molecular flexibility index (Phi) is 5.57. The van der Waals surface area contributed by atoms with Crippen LogP contribution < -0.4 is 21.9 Å². The van der Waals surface area contributed by atoms with Crippen LogP contribution >= 0.6 is 12.4 Å². The van der Waals surface area contributed by atoms with E-state index >= 15 is 0 Å². The molecule has 0 bridgehead atoms. The number of para-hydroxylation sites is 1. The van der Waals surface area contributed by atoms with Crippen molar-refractivity contribution in [3.63, 3.8) is 0 Å². The first kappa shape index (κ1) is 17.2. The summed E-state index contributed by atoms with van der Waals surface area (Å²) < 4.78 is 1.43. The molecule has 7 nitrogen and oxygen atoms in total. The van der Waals surface area contributed by atoms with Gasteiger partial charge in [0.15, 0.2) is 0 Å². The van der Waals surface area contributed by atoms with E-state index in [2.05, 4.69) is 15.6 Å². The van der Waals surface area contributed by atoms with Gasteiger partial charge >= 0.3 is 5.69 Å². The molecule has 3 N–H and O–H groups in total. The predicted molar refractivity (Wildman–Crippen MR) is 90.1 cm³/mol. The molecule has 1 unspecified atom stereocenters. The molecule has 1 aromatic carbocycles. The monoisotopic (exact) mass is 338 g/mol. The molecule has 1 saturated heterocycles. The van der Waals surface area contributed by atoms with Crippen molar-refractivity contribution in [1.82, 2.24) is 20.2 Å². The highest BCUT2D eigenvalue weighted by atomic mass is 35.5. The minimum atomic E-state index is -0.487. The van der Waals surface area contributed by atoms with Gasteiger partial charge in [-0.3, -0.25) is 19.1 Å². The summed E-state index contributed by atoms with van der Waals surface area (Å²) in [5.74, 6) is -0.0871. The van der Waals surface area contributed by atoms with E-state index in [1.807, 2.05) is 0 Å². The van der Waals surface area contributed by atoms with Crippen LogP contribution in [0.2, 0.25) is 0 Å². The number of amides is 1. The first-order valence-electron chi connectivity index (χ1n) is 7.37. The number of nitrogens with zero attached hydrogens (tertiary/aromatic N) is 1. The molecule has 1 atom stereocenters. The molecule has 1 aliphatic heterocycles. The van der Waals surface area contributed by atoms with Crippen LogP contribution in [0.3, 0.4) is 0 Å². The number of carbonyl (C=O) groups excluding carboxylic acids is 1. The number of H-pyrrole nitrogens is 1. The Balaban J connectivity index is 0.00000192. The SMILES string of the molecule is Cl.O=C(CCn1c(=O)[nH]c(=O)c2ccccc21)NC1CCNC1. The molecule has 0 spiro atoms. The fourth-order valence-electron chi connectivity index (χ4n) is 2.76. The van der Waals surface area contributed by atoms with Crippen molar-refractivity contribution >= 4 is 29.2 Å². The Hall–Kier alpha value is -2.12. The standard InChI is InChI=1S/C15H18N4O3.ClH/c20-13(17-10-5-7-16-9-10)6-8-19-12-4-2-1-3-11(12)14(21)18-15(19)22;/h1-4,10,16H,5-9H2,(H,17,20)(H,18,21,22);1H. The molecule has 124 valence electrons. The number of aromatic nitrogens is 2. The number of carbonyl (C=O) groups is 1. The molecule has 0 radical (unpaired) electrons. The minimum Gasteiger partial charge on any atom is -0.352 e. The van der Waals surface area contributed by atoms with Crippen LogP contribution in [0.25, 0.3) is 10.9 Å². The number of hydrogen-bond acceptors (Lipinski definition) is 4. The Bertz CT molecular complexity index is 808. The average molecular weight is 339 g/mol. The zero-order chi connectivity index (χ0) is 15.5. The number of rotatable bonds is 4. The van der Waals surface area contributed by atoms with Gasteiger partial charge in [0, 0.05) is 25.6 Å². The van der Waals surface area contributed by atoms with E-state index in [1.165, 1.54) is 4.57 Å². The molecule has 2 heterocycles. The maximum Gasteiger partial charge on any atom is 0.328 e. The summed E-state index contributed by atoms with van der Waals surface area (Å²) in [6.07, 6.45) is 1.12. The van der Waals surface area contributed by atoms with E-state index in [0.29, 0.717) is 10.9 Å². The molecular formula is C15H19ClN4O3. The van der Waals surface area contributed by atoms with E-state index < -0.39 is 11.2 Å². The highest BCUT2D eigenvalue weighted by Gasteiger charge is 2.16. The lowest BCUT2D eigenvalue weighted by molar-refractivity contribution is -0.121. The van der Waals surface area contributed by atoms with Crippen LogP contribution in [-0.4, -0.2) is 34.6 Å². The van der Waals surface area contributed by atoms with Gasteiger partial charge in [-0.1, -0.05) is 12.1 Å². The molecule has 1 amide bonds. The maximum atomic E-state index is 12.0. The second kappa shape index (κ2) is 7.43. The molecule has 1 aromatic heterocycles. The maximum absolute atomic E-state index is 12.0. The third kappa shape index (κ3) is 3.80. The summed E-state index contributed by atoms with van der Waals surface area (Å²) in [6, 6.07) is 7.05.